The van der Waals surface area contributed by atoms with Gasteiger partial charge in [-0.2, -0.15) is 0 Å². The average molecular weight is 513 g/mol. The molecule has 0 saturated carbocycles. The van der Waals surface area contributed by atoms with Gasteiger partial charge >= 0.3 is 0 Å². The van der Waals surface area contributed by atoms with Crippen molar-refractivity contribution in [2.75, 3.05) is 49.8 Å². The Kier molecular flexibility index (Phi) is 7.23. The summed E-state index contributed by atoms with van der Waals surface area (Å²) in [7, 11) is 5.86. The lowest BCUT2D eigenvalue weighted by Gasteiger charge is -2.37. The van der Waals surface area contributed by atoms with E-state index in [2.05, 4.69) is 56.1 Å². The van der Waals surface area contributed by atoms with Crippen molar-refractivity contribution in [3.63, 3.8) is 0 Å². The van der Waals surface area contributed by atoms with E-state index in [-0.39, 0.29) is 5.91 Å². The van der Waals surface area contributed by atoms with E-state index >= 15 is 0 Å². The molecule has 1 fully saturated rings. The van der Waals surface area contributed by atoms with Crippen LogP contribution in [0.1, 0.15) is 12.8 Å². The maximum Gasteiger partial charge on any atom is 0.247 e. The smallest absolute Gasteiger partial charge is 0.247 e. The number of hydrogen-bond acceptors (Lipinski definition) is 8. The van der Waals surface area contributed by atoms with Crippen molar-refractivity contribution in [3.8, 4) is 17.0 Å². The summed E-state index contributed by atoms with van der Waals surface area (Å²) < 4.78 is 5.75. The standard InChI is InChI=1S/C28H32N8O2/c1-5-26(37)32-22-15-23(25(38-4)16-24(22)36-12-8-20(9-13-36)35(2)3)34-28-30-11-7-21(33-28)19-14-18-6-10-29-27(18)31-17-19/h5-7,10-11,14-17,20H,1,8-9,12-13H2,2-4H3,(H,29,31)(H,32,37)(H,30,33,34). The summed E-state index contributed by atoms with van der Waals surface area (Å²) in [6, 6.07) is 10.2. The summed E-state index contributed by atoms with van der Waals surface area (Å²) >= 11 is 0. The number of H-pyrrole nitrogens is 1. The van der Waals surface area contributed by atoms with Crippen LogP contribution >= 0.6 is 0 Å². The van der Waals surface area contributed by atoms with E-state index in [0.29, 0.717) is 29.1 Å². The van der Waals surface area contributed by atoms with Crippen molar-refractivity contribution in [2.45, 2.75) is 18.9 Å². The minimum atomic E-state index is -0.281. The first-order valence-corrected chi connectivity index (χ1v) is 12.6. The number of amides is 1. The van der Waals surface area contributed by atoms with Gasteiger partial charge in [-0.1, -0.05) is 6.58 Å². The van der Waals surface area contributed by atoms with E-state index in [1.807, 2.05) is 36.5 Å². The first-order valence-electron chi connectivity index (χ1n) is 12.6. The number of carbonyl (C=O) groups excluding carboxylic acids is 1. The predicted octanol–water partition coefficient (Wildman–Crippen LogP) is 4.43. The van der Waals surface area contributed by atoms with E-state index < -0.39 is 0 Å². The molecule has 0 spiro atoms. The van der Waals surface area contributed by atoms with Gasteiger partial charge in [-0.3, -0.25) is 4.79 Å². The van der Waals surface area contributed by atoms with E-state index in [4.69, 9.17) is 9.72 Å². The molecule has 1 aliphatic rings. The number of benzene rings is 1. The number of ether oxygens (including phenoxy) is 1. The van der Waals surface area contributed by atoms with E-state index in [0.717, 1.165) is 53.9 Å². The Morgan fingerprint density at radius 3 is 2.74 bits per heavy atom. The average Bonchev–Trinajstić information content (AvgIpc) is 3.41. The van der Waals surface area contributed by atoms with Gasteiger partial charge in [0.2, 0.25) is 11.9 Å². The molecule has 5 rings (SSSR count). The fourth-order valence-electron chi connectivity index (χ4n) is 4.78. The second kappa shape index (κ2) is 10.9. The minimum absolute atomic E-state index is 0.281. The number of carbonyl (C=O) groups is 1. The van der Waals surface area contributed by atoms with E-state index in [9.17, 15) is 4.79 Å². The molecule has 38 heavy (non-hydrogen) atoms. The lowest BCUT2D eigenvalue weighted by molar-refractivity contribution is -0.111. The van der Waals surface area contributed by atoms with Crippen LogP contribution in [0.5, 0.6) is 5.75 Å². The summed E-state index contributed by atoms with van der Waals surface area (Å²) in [5.74, 6) is 0.739. The molecule has 1 saturated heterocycles. The molecule has 4 aromatic rings. The molecule has 1 amide bonds. The van der Waals surface area contributed by atoms with Crippen molar-refractivity contribution < 1.29 is 9.53 Å². The van der Waals surface area contributed by atoms with Gasteiger partial charge in [-0.05, 0) is 57.3 Å². The molecule has 10 nitrogen and oxygen atoms in total. The predicted molar refractivity (Wildman–Crippen MR) is 151 cm³/mol. The quantitative estimate of drug-likeness (QED) is 0.298. The molecule has 4 heterocycles. The SMILES string of the molecule is C=CC(=O)Nc1cc(Nc2nccc(-c3cnc4[nH]ccc4c3)n2)c(OC)cc1N1CCC(N(C)C)CC1. The molecule has 0 aliphatic carbocycles. The van der Waals surface area contributed by atoms with Gasteiger partial charge in [0.25, 0.3) is 0 Å². The molecular formula is C28H32N8O2. The summed E-state index contributed by atoms with van der Waals surface area (Å²) in [6.07, 6.45) is 8.67. The molecule has 0 bridgehead atoms. The molecule has 1 aliphatic heterocycles. The second-order valence-corrected chi connectivity index (χ2v) is 9.47. The normalized spacial score (nSPS) is 14.1. The van der Waals surface area contributed by atoms with Crippen molar-refractivity contribution in [1.82, 2.24) is 24.8 Å². The summed E-state index contributed by atoms with van der Waals surface area (Å²) in [4.78, 5) is 33.5. The Morgan fingerprint density at radius 2 is 2.00 bits per heavy atom. The number of pyridine rings is 1. The van der Waals surface area contributed by atoms with Crippen LogP contribution < -0.4 is 20.3 Å². The van der Waals surface area contributed by atoms with Gasteiger partial charge < -0.3 is 30.2 Å². The minimum Gasteiger partial charge on any atom is -0.494 e. The molecule has 10 heteroatoms. The summed E-state index contributed by atoms with van der Waals surface area (Å²) in [5, 5.41) is 7.24. The Morgan fingerprint density at radius 1 is 1.18 bits per heavy atom. The zero-order valence-electron chi connectivity index (χ0n) is 21.9. The van der Waals surface area contributed by atoms with Crippen LogP contribution in [0.15, 0.2) is 61.6 Å². The zero-order valence-corrected chi connectivity index (χ0v) is 21.9. The van der Waals surface area contributed by atoms with Crippen LogP contribution in [-0.4, -0.2) is 71.1 Å². The maximum absolute atomic E-state index is 12.3. The highest BCUT2D eigenvalue weighted by Gasteiger charge is 2.24. The van der Waals surface area contributed by atoms with Gasteiger partial charge in [-0.15, -0.1) is 0 Å². The number of methoxy groups -OCH3 is 1. The molecule has 0 atom stereocenters. The van der Waals surface area contributed by atoms with Gasteiger partial charge in [0.1, 0.15) is 11.4 Å². The molecule has 0 unspecified atom stereocenters. The number of fused-ring (bicyclic) bond motifs is 1. The van der Waals surface area contributed by atoms with Gasteiger partial charge in [-0.25, -0.2) is 15.0 Å². The third kappa shape index (κ3) is 5.30. The fraction of sp³-hybridized carbons (Fsp3) is 0.286. The van der Waals surface area contributed by atoms with Crippen LogP contribution in [0.25, 0.3) is 22.3 Å². The highest BCUT2D eigenvalue weighted by molar-refractivity contribution is 6.02. The molecular weight excluding hydrogens is 480 g/mol. The van der Waals surface area contributed by atoms with Crippen molar-refractivity contribution >= 4 is 40.0 Å². The van der Waals surface area contributed by atoms with Crippen LogP contribution in [0.2, 0.25) is 0 Å². The third-order valence-electron chi connectivity index (χ3n) is 6.89. The molecule has 3 aromatic heterocycles. The number of aromatic amines is 1. The highest BCUT2D eigenvalue weighted by Crippen LogP contribution is 2.39. The summed E-state index contributed by atoms with van der Waals surface area (Å²) in [5.41, 5.74) is 4.64. The van der Waals surface area contributed by atoms with Crippen molar-refractivity contribution in [1.29, 1.82) is 0 Å². The monoisotopic (exact) mass is 512 g/mol. The Bertz CT molecular complexity index is 1460. The molecule has 3 N–H and O–H groups in total. The van der Waals surface area contributed by atoms with Crippen LogP contribution in [0.4, 0.5) is 23.0 Å². The number of nitrogens with one attached hydrogen (secondary N) is 3. The number of anilines is 4. The van der Waals surface area contributed by atoms with E-state index in [1.54, 1.807) is 19.5 Å². The third-order valence-corrected chi connectivity index (χ3v) is 6.89. The fourth-order valence-corrected chi connectivity index (χ4v) is 4.78. The van der Waals surface area contributed by atoms with Crippen molar-refractivity contribution in [2.24, 2.45) is 0 Å². The van der Waals surface area contributed by atoms with E-state index in [1.165, 1.54) is 6.08 Å². The van der Waals surface area contributed by atoms with Crippen LogP contribution in [-0.2, 0) is 4.79 Å². The number of hydrogen-bond donors (Lipinski definition) is 3. The number of aromatic nitrogens is 4. The molecule has 196 valence electrons. The Balaban J connectivity index is 1.46. The van der Waals surface area contributed by atoms with Crippen LogP contribution in [0, 0.1) is 0 Å². The van der Waals surface area contributed by atoms with Gasteiger partial charge in [0.15, 0.2) is 0 Å². The van der Waals surface area contributed by atoms with Gasteiger partial charge in [0.05, 0.1) is 29.9 Å². The topological polar surface area (TPSA) is 111 Å². The number of rotatable bonds is 8. The molecule has 0 radical (unpaired) electrons. The summed E-state index contributed by atoms with van der Waals surface area (Å²) in [6.45, 7) is 5.36. The van der Waals surface area contributed by atoms with Gasteiger partial charge in [0, 0.05) is 54.7 Å². The number of piperidine rings is 1. The largest absolute Gasteiger partial charge is 0.494 e. The highest BCUT2D eigenvalue weighted by atomic mass is 16.5. The zero-order chi connectivity index (χ0) is 26.6. The first kappa shape index (κ1) is 25.2. The first-order chi connectivity index (χ1) is 18.4. The lowest BCUT2D eigenvalue weighted by Crippen LogP contribution is -2.42. The maximum atomic E-state index is 12.3. The Hall–Kier alpha value is -4.44. The lowest BCUT2D eigenvalue weighted by atomic mass is 10.0. The molecule has 1 aromatic carbocycles. The Labute approximate surface area is 221 Å². The number of nitrogens with zero attached hydrogens (tertiary/aromatic N) is 5. The van der Waals surface area contributed by atoms with Crippen LogP contribution in [0.3, 0.4) is 0 Å². The van der Waals surface area contributed by atoms with Crippen molar-refractivity contribution in [3.05, 3.63) is 61.6 Å². The second-order valence-electron chi connectivity index (χ2n) is 9.47.